The van der Waals surface area contributed by atoms with Crippen molar-refractivity contribution in [3.05, 3.63) is 88.8 Å². The van der Waals surface area contributed by atoms with E-state index in [-0.39, 0.29) is 5.63 Å². The van der Waals surface area contributed by atoms with Crippen LogP contribution in [0.2, 0.25) is 0 Å². The third-order valence-corrected chi connectivity index (χ3v) is 4.16. The Bertz CT molecular complexity index is 1140. The van der Waals surface area contributed by atoms with E-state index in [9.17, 15) is 4.79 Å². The van der Waals surface area contributed by atoms with Gasteiger partial charge in [0.05, 0.1) is 17.0 Å². The maximum atomic E-state index is 12.3. The van der Waals surface area contributed by atoms with E-state index in [1.165, 1.54) is 0 Å². The molecule has 0 fully saturated rings. The SMILES string of the molecule is C/C(=N/Nc1ccccc1)c1cc2c(ccc3ccccc32)oc1=O. The zero-order valence-electron chi connectivity index (χ0n) is 13.7. The number of nitrogens with zero attached hydrogens (tertiary/aromatic N) is 1. The Morgan fingerprint density at radius 3 is 2.52 bits per heavy atom. The molecule has 0 aliphatic carbocycles. The Morgan fingerprint density at radius 1 is 0.920 bits per heavy atom. The molecule has 0 aliphatic rings. The van der Waals surface area contributed by atoms with Gasteiger partial charge in [-0.25, -0.2) is 4.79 Å². The lowest BCUT2D eigenvalue weighted by Crippen LogP contribution is -2.13. The fraction of sp³-hybridized carbons (Fsp3) is 0.0476. The van der Waals surface area contributed by atoms with Gasteiger partial charge in [-0.15, -0.1) is 0 Å². The van der Waals surface area contributed by atoms with Crippen molar-refractivity contribution < 1.29 is 4.42 Å². The summed E-state index contributed by atoms with van der Waals surface area (Å²) in [4.78, 5) is 12.3. The van der Waals surface area contributed by atoms with Gasteiger partial charge in [-0.3, -0.25) is 5.43 Å². The summed E-state index contributed by atoms with van der Waals surface area (Å²) in [5, 5.41) is 7.38. The van der Waals surface area contributed by atoms with E-state index in [4.69, 9.17) is 4.42 Å². The van der Waals surface area contributed by atoms with Crippen molar-refractivity contribution in [2.75, 3.05) is 5.43 Å². The average Bonchev–Trinajstić information content (AvgIpc) is 2.66. The molecule has 0 saturated heterocycles. The first kappa shape index (κ1) is 15.1. The van der Waals surface area contributed by atoms with Crippen molar-refractivity contribution >= 4 is 33.1 Å². The largest absolute Gasteiger partial charge is 0.422 e. The number of anilines is 1. The highest BCUT2D eigenvalue weighted by Crippen LogP contribution is 2.25. The standard InChI is InChI=1S/C21H16N2O2/c1-14(22-23-16-8-3-2-4-9-16)18-13-19-17-10-6-5-7-15(17)11-12-20(19)25-21(18)24/h2-13,23H,1H3/b22-14-. The summed E-state index contributed by atoms with van der Waals surface area (Å²) in [6.45, 7) is 1.79. The molecule has 4 aromatic rings. The smallest absolute Gasteiger partial charge is 0.345 e. The van der Waals surface area contributed by atoms with Crippen LogP contribution in [-0.2, 0) is 0 Å². The third-order valence-electron chi connectivity index (χ3n) is 4.16. The first-order valence-electron chi connectivity index (χ1n) is 8.04. The maximum Gasteiger partial charge on any atom is 0.345 e. The average molecular weight is 328 g/mol. The number of fused-ring (bicyclic) bond motifs is 3. The number of para-hydroxylation sites is 1. The van der Waals surface area contributed by atoms with Crippen molar-refractivity contribution in [3.63, 3.8) is 0 Å². The van der Waals surface area contributed by atoms with Gasteiger partial charge in [-0.1, -0.05) is 48.5 Å². The van der Waals surface area contributed by atoms with E-state index < -0.39 is 0 Å². The van der Waals surface area contributed by atoms with Crippen LogP contribution in [0.15, 0.2) is 87.1 Å². The quantitative estimate of drug-likeness (QED) is 0.255. The van der Waals surface area contributed by atoms with Gasteiger partial charge in [0.1, 0.15) is 5.58 Å². The molecule has 0 spiro atoms. The molecule has 4 heteroatoms. The normalized spacial score (nSPS) is 11.8. The zero-order valence-corrected chi connectivity index (χ0v) is 13.7. The lowest BCUT2D eigenvalue weighted by atomic mass is 10.0. The Kier molecular flexibility index (Phi) is 3.78. The second-order valence-corrected chi connectivity index (χ2v) is 5.82. The molecule has 4 nitrogen and oxygen atoms in total. The second-order valence-electron chi connectivity index (χ2n) is 5.82. The molecule has 122 valence electrons. The molecule has 0 amide bonds. The predicted molar refractivity (Wildman–Crippen MR) is 102 cm³/mol. The van der Waals surface area contributed by atoms with E-state index >= 15 is 0 Å². The molecule has 25 heavy (non-hydrogen) atoms. The first-order valence-corrected chi connectivity index (χ1v) is 8.04. The van der Waals surface area contributed by atoms with Crippen molar-refractivity contribution in [2.45, 2.75) is 6.92 Å². The molecule has 1 heterocycles. The molecular formula is C21H16N2O2. The molecule has 3 aromatic carbocycles. The molecule has 1 aromatic heterocycles. The lowest BCUT2D eigenvalue weighted by Gasteiger charge is -2.06. The summed E-state index contributed by atoms with van der Waals surface area (Å²) < 4.78 is 5.51. The van der Waals surface area contributed by atoms with Crippen LogP contribution in [0.25, 0.3) is 21.7 Å². The lowest BCUT2D eigenvalue weighted by molar-refractivity contribution is 0.559. The number of benzene rings is 3. The van der Waals surface area contributed by atoms with Gasteiger partial charge in [-0.2, -0.15) is 5.10 Å². The van der Waals surface area contributed by atoms with Crippen molar-refractivity contribution in [2.24, 2.45) is 5.10 Å². The first-order chi connectivity index (χ1) is 12.2. The highest BCUT2D eigenvalue weighted by molar-refractivity contribution is 6.08. The minimum atomic E-state index is -0.390. The molecule has 0 atom stereocenters. The van der Waals surface area contributed by atoms with Crippen molar-refractivity contribution in [1.29, 1.82) is 0 Å². The topological polar surface area (TPSA) is 54.6 Å². The van der Waals surface area contributed by atoms with E-state index in [0.29, 0.717) is 16.9 Å². The summed E-state index contributed by atoms with van der Waals surface area (Å²) in [5.74, 6) is 0. The zero-order chi connectivity index (χ0) is 17.2. The summed E-state index contributed by atoms with van der Waals surface area (Å²) in [7, 11) is 0. The summed E-state index contributed by atoms with van der Waals surface area (Å²) in [6, 6.07) is 23.3. The number of nitrogens with one attached hydrogen (secondary N) is 1. The van der Waals surface area contributed by atoms with Crippen LogP contribution in [0.3, 0.4) is 0 Å². The molecule has 1 N–H and O–H groups in total. The molecule has 0 unspecified atom stereocenters. The highest BCUT2D eigenvalue weighted by Gasteiger charge is 2.10. The van der Waals surface area contributed by atoms with Gasteiger partial charge in [0.25, 0.3) is 0 Å². The Hall–Kier alpha value is -3.40. The van der Waals surface area contributed by atoms with E-state index in [0.717, 1.165) is 21.8 Å². The molecule has 0 bridgehead atoms. The fourth-order valence-corrected chi connectivity index (χ4v) is 2.85. The van der Waals surface area contributed by atoms with Crippen LogP contribution in [-0.4, -0.2) is 5.71 Å². The van der Waals surface area contributed by atoms with Crippen LogP contribution < -0.4 is 11.1 Å². The highest BCUT2D eigenvalue weighted by atomic mass is 16.4. The molecular weight excluding hydrogens is 312 g/mol. The van der Waals surface area contributed by atoms with Gasteiger partial charge < -0.3 is 4.42 Å². The van der Waals surface area contributed by atoms with E-state index in [1.54, 1.807) is 6.92 Å². The van der Waals surface area contributed by atoms with Gasteiger partial charge in [-0.05, 0) is 42.0 Å². The molecule has 0 aliphatic heterocycles. The predicted octanol–water partition coefficient (Wildman–Crippen LogP) is 4.78. The Balaban J connectivity index is 1.82. The maximum absolute atomic E-state index is 12.3. The van der Waals surface area contributed by atoms with Crippen molar-refractivity contribution in [3.8, 4) is 0 Å². The fourth-order valence-electron chi connectivity index (χ4n) is 2.85. The van der Waals surface area contributed by atoms with Crippen molar-refractivity contribution in [1.82, 2.24) is 0 Å². The number of hydrazone groups is 1. The van der Waals surface area contributed by atoms with E-state index in [1.807, 2.05) is 72.8 Å². The minimum absolute atomic E-state index is 0.390. The second kappa shape index (κ2) is 6.24. The van der Waals surface area contributed by atoms with Crippen LogP contribution in [0.1, 0.15) is 12.5 Å². The molecule has 0 saturated carbocycles. The molecule has 0 radical (unpaired) electrons. The summed E-state index contributed by atoms with van der Waals surface area (Å²) in [6.07, 6.45) is 0. The minimum Gasteiger partial charge on any atom is -0.422 e. The van der Waals surface area contributed by atoms with Crippen LogP contribution in [0.5, 0.6) is 0 Å². The van der Waals surface area contributed by atoms with Gasteiger partial charge >= 0.3 is 5.63 Å². The summed E-state index contributed by atoms with van der Waals surface area (Å²) >= 11 is 0. The monoisotopic (exact) mass is 328 g/mol. The van der Waals surface area contributed by atoms with Gasteiger partial charge in [0, 0.05) is 5.39 Å². The van der Waals surface area contributed by atoms with Crippen LogP contribution in [0, 0.1) is 0 Å². The van der Waals surface area contributed by atoms with Crippen LogP contribution in [0.4, 0.5) is 5.69 Å². The van der Waals surface area contributed by atoms with Gasteiger partial charge in [0.2, 0.25) is 0 Å². The Labute approximate surface area is 144 Å². The van der Waals surface area contributed by atoms with Gasteiger partial charge in [0.15, 0.2) is 0 Å². The number of hydrogen-bond acceptors (Lipinski definition) is 4. The third kappa shape index (κ3) is 2.90. The Morgan fingerprint density at radius 2 is 1.68 bits per heavy atom. The van der Waals surface area contributed by atoms with Crippen LogP contribution >= 0.6 is 0 Å². The number of hydrogen-bond donors (Lipinski definition) is 1. The number of rotatable bonds is 3. The molecule has 4 rings (SSSR count). The van der Waals surface area contributed by atoms with E-state index in [2.05, 4.69) is 10.5 Å². The summed E-state index contributed by atoms with van der Waals surface area (Å²) in [5.41, 5.74) is 5.04.